The fraction of sp³-hybridized carbons (Fsp3) is 0.231. The first kappa shape index (κ1) is 14.1. The molecular weight excluding hydrogens is 268 g/mol. The van der Waals surface area contributed by atoms with Crippen molar-refractivity contribution in [3.63, 3.8) is 0 Å². The fourth-order valence-corrected chi connectivity index (χ4v) is 1.83. The van der Waals surface area contributed by atoms with E-state index in [4.69, 9.17) is 5.11 Å². The number of carbonyl (C=O) groups is 1. The number of carboxylic acids is 1. The molecule has 0 radical (unpaired) electrons. The Morgan fingerprint density at radius 2 is 2.10 bits per heavy atom. The van der Waals surface area contributed by atoms with Crippen molar-refractivity contribution in [3.05, 3.63) is 52.9 Å². The third-order valence-corrected chi connectivity index (χ3v) is 2.90. The van der Waals surface area contributed by atoms with Gasteiger partial charge in [0.25, 0.3) is 0 Å². The van der Waals surface area contributed by atoms with Gasteiger partial charge in [0.2, 0.25) is 0 Å². The van der Waals surface area contributed by atoms with Crippen molar-refractivity contribution in [3.8, 4) is 0 Å². The van der Waals surface area contributed by atoms with Gasteiger partial charge < -0.3 is 10.4 Å². The molecule has 7 heteroatoms. The van der Waals surface area contributed by atoms with E-state index in [1.165, 1.54) is 16.9 Å². The lowest BCUT2D eigenvalue weighted by Gasteiger charge is -2.07. The Morgan fingerprint density at radius 1 is 1.35 bits per heavy atom. The summed E-state index contributed by atoms with van der Waals surface area (Å²) in [7, 11) is 1.64. The molecule has 5 nitrogen and oxygen atoms in total. The van der Waals surface area contributed by atoms with Crippen molar-refractivity contribution in [2.45, 2.75) is 13.1 Å². The van der Waals surface area contributed by atoms with Gasteiger partial charge >= 0.3 is 5.97 Å². The Hall–Kier alpha value is -2.28. The third-order valence-electron chi connectivity index (χ3n) is 2.90. The van der Waals surface area contributed by atoms with E-state index < -0.39 is 17.6 Å². The molecule has 2 aromatic rings. The lowest BCUT2D eigenvalue weighted by atomic mass is 10.2. The first-order chi connectivity index (χ1) is 9.49. The van der Waals surface area contributed by atoms with Crippen LogP contribution in [-0.2, 0) is 20.1 Å². The van der Waals surface area contributed by atoms with Gasteiger partial charge in [0.1, 0.15) is 5.56 Å². The van der Waals surface area contributed by atoms with Gasteiger partial charge in [0, 0.05) is 20.1 Å². The fourth-order valence-electron chi connectivity index (χ4n) is 1.83. The van der Waals surface area contributed by atoms with E-state index in [-0.39, 0.29) is 12.1 Å². The topological polar surface area (TPSA) is 67.2 Å². The molecule has 0 atom stereocenters. The smallest absolute Gasteiger partial charge is 0.339 e. The van der Waals surface area contributed by atoms with Gasteiger partial charge in [-0.2, -0.15) is 5.10 Å². The molecule has 0 fully saturated rings. The number of aryl methyl sites for hydroxylation is 1. The second-order valence-corrected chi connectivity index (χ2v) is 4.29. The Bertz CT molecular complexity index is 641. The van der Waals surface area contributed by atoms with Crippen molar-refractivity contribution in [2.75, 3.05) is 0 Å². The quantitative estimate of drug-likeness (QED) is 0.875. The van der Waals surface area contributed by atoms with Crippen LogP contribution in [0.2, 0.25) is 0 Å². The maximum absolute atomic E-state index is 13.0. The molecule has 0 spiro atoms. The molecule has 2 rings (SSSR count). The normalized spacial score (nSPS) is 10.8. The predicted molar refractivity (Wildman–Crippen MR) is 67.1 cm³/mol. The highest BCUT2D eigenvalue weighted by molar-refractivity contribution is 5.88. The van der Waals surface area contributed by atoms with Crippen LogP contribution in [-0.4, -0.2) is 20.9 Å². The van der Waals surface area contributed by atoms with E-state index in [0.717, 1.165) is 12.1 Å². The van der Waals surface area contributed by atoms with Crippen LogP contribution in [0.4, 0.5) is 8.78 Å². The van der Waals surface area contributed by atoms with Gasteiger partial charge in [0.05, 0.1) is 11.9 Å². The van der Waals surface area contributed by atoms with Gasteiger partial charge in [-0.1, -0.05) is 6.07 Å². The van der Waals surface area contributed by atoms with Crippen molar-refractivity contribution in [1.29, 1.82) is 0 Å². The summed E-state index contributed by atoms with van der Waals surface area (Å²) in [6, 6.07) is 3.62. The molecule has 0 aliphatic heterocycles. The molecule has 1 aromatic heterocycles. The molecule has 2 N–H and O–H groups in total. The number of hydrogen-bond donors (Lipinski definition) is 2. The van der Waals surface area contributed by atoms with Crippen LogP contribution in [0.5, 0.6) is 0 Å². The van der Waals surface area contributed by atoms with Crippen LogP contribution in [0.3, 0.4) is 0 Å². The molecule has 20 heavy (non-hydrogen) atoms. The summed E-state index contributed by atoms with van der Waals surface area (Å²) in [5, 5.41) is 15.8. The minimum atomic E-state index is -1.05. The van der Waals surface area contributed by atoms with Crippen molar-refractivity contribution < 1.29 is 18.7 Å². The van der Waals surface area contributed by atoms with E-state index in [9.17, 15) is 13.6 Å². The Labute approximate surface area is 113 Å². The van der Waals surface area contributed by atoms with E-state index in [1.54, 1.807) is 7.05 Å². The van der Waals surface area contributed by atoms with Crippen LogP contribution >= 0.6 is 0 Å². The second-order valence-electron chi connectivity index (χ2n) is 4.29. The van der Waals surface area contributed by atoms with E-state index in [1.807, 2.05) is 0 Å². The van der Waals surface area contributed by atoms with Gasteiger partial charge in [0.15, 0.2) is 11.6 Å². The third kappa shape index (κ3) is 3.00. The summed E-state index contributed by atoms with van der Waals surface area (Å²) in [5.74, 6) is -2.85. The molecule has 0 aliphatic rings. The summed E-state index contributed by atoms with van der Waals surface area (Å²) < 4.78 is 27.2. The van der Waals surface area contributed by atoms with Gasteiger partial charge in [-0.25, -0.2) is 13.6 Å². The number of carboxylic acid groups (broad SMARTS) is 1. The summed E-state index contributed by atoms with van der Waals surface area (Å²) in [6.45, 7) is 0.554. The van der Waals surface area contributed by atoms with Crippen LogP contribution in [0.1, 0.15) is 21.6 Å². The minimum absolute atomic E-state index is 0.116. The highest BCUT2D eigenvalue weighted by atomic mass is 19.2. The zero-order valence-corrected chi connectivity index (χ0v) is 10.7. The molecule has 0 saturated heterocycles. The lowest BCUT2D eigenvalue weighted by Crippen LogP contribution is -2.17. The highest BCUT2D eigenvalue weighted by Crippen LogP contribution is 2.10. The first-order valence-electron chi connectivity index (χ1n) is 5.88. The monoisotopic (exact) mass is 281 g/mol. The van der Waals surface area contributed by atoms with Gasteiger partial charge in [-0.15, -0.1) is 0 Å². The zero-order chi connectivity index (χ0) is 14.7. The lowest BCUT2D eigenvalue weighted by molar-refractivity contribution is 0.0695. The summed E-state index contributed by atoms with van der Waals surface area (Å²) in [4.78, 5) is 11.0. The number of benzene rings is 1. The minimum Gasteiger partial charge on any atom is -0.478 e. The van der Waals surface area contributed by atoms with Crippen LogP contribution in [0, 0.1) is 11.6 Å². The van der Waals surface area contributed by atoms with Gasteiger partial charge in [-0.3, -0.25) is 4.68 Å². The maximum atomic E-state index is 13.0. The molecule has 1 aromatic carbocycles. The first-order valence-corrected chi connectivity index (χ1v) is 5.88. The Morgan fingerprint density at radius 3 is 2.75 bits per heavy atom. The molecule has 106 valence electrons. The van der Waals surface area contributed by atoms with Crippen molar-refractivity contribution >= 4 is 5.97 Å². The van der Waals surface area contributed by atoms with E-state index >= 15 is 0 Å². The number of halogens is 2. The van der Waals surface area contributed by atoms with Crippen molar-refractivity contribution in [1.82, 2.24) is 15.1 Å². The van der Waals surface area contributed by atoms with Crippen LogP contribution < -0.4 is 5.32 Å². The van der Waals surface area contributed by atoms with E-state index in [0.29, 0.717) is 17.8 Å². The Kier molecular flexibility index (Phi) is 4.09. The second kappa shape index (κ2) is 5.79. The molecule has 0 unspecified atom stereocenters. The number of aromatic carboxylic acids is 1. The average Bonchev–Trinajstić information content (AvgIpc) is 2.76. The maximum Gasteiger partial charge on any atom is 0.339 e. The molecule has 0 aliphatic carbocycles. The Balaban J connectivity index is 2.01. The molecular formula is C13H13F2N3O2. The zero-order valence-electron chi connectivity index (χ0n) is 10.7. The average molecular weight is 281 g/mol. The van der Waals surface area contributed by atoms with Crippen LogP contribution in [0.15, 0.2) is 24.4 Å². The molecule has 0 saturated carbocycles. The number of hydrogen-bond acceptors (Lipinski definition) is 3. The molecule has 0 amide bonds. The largest absolute Gasteiger partial charge is 0.478 e. The molecule has 1 heterocycles. The summed E-state index contributed by atoms with van der Waals surface area (Å²) >= 11 is 0. The molecule has 0 bridgehead atoms. The summed E-state index contributed by atoms with van der Waals surface area (Å²) in [6.07, 6.45) is 1.27. The number of nitrogens with one attached hydrogen (secondary N) is 1. The van der Waals surface area contributed by atoms with Gasteiger partial charge in [-0.05, 0) is 17.7 Å². The van der Waals surface area contributed by atoms with Crippen molar-refractivity contribution in [2.24, 2.45) is 7.05 Å². The van der Waals surface area contributed by atoms with E-state index in [2.05, 4.69) is 10.4 Å². The highest BCUT2D eigenvalue weighted by Gasteiger charge is 2.14. The predicted octanol–water partition coefficient (Wildman–Crippen LogP) is 1.69. The number of aromatic nitrogens is 2. The summed E-state index contributed by atoms with van der Waals surface area (Å²) in [5.41, 5.74) is 1.20. The number of rotatable bonds is 5. The SMILES string of the molecule is Cn1ncc(C(=O)O)c1CNCc1ccc(F)c(F)c1. The standard InChI is InChI=1S/C13H13F2N3O2/c1-18-12(9(6-17-18)13(19)20)7-16-5-8-2-3-10(14)11(15)4-8/h2-4,6,16H,5,7H2,1H3,(H,19,20). The number of nitrogens with zero attached hydrogens (tertiary/aromatic N) is 2. The van der Waals surface area contributed by atoms with Crippen LogP contribution in [0.25, 0.3) is 0 Å².